The summed E-state index contributed by atoms with van der Waals surface area (Å²) in [6.45, 7) is 1.70. The van der Waals surface area contributed by atoms with Crippen LogP contribution in [0.3, 0.4) is 0 Å². The molecule has 1 heterocycles. The van der Waals surface area contributed by atoms with E-state index < -0.39 is 0 Å². The van der Waals surface area contributed by atoms with E-state index in [1.165, 1.54) is 12.1 Å². The Kier molecular flexibility index (Phi) is 6.14. The summed E-state index contributed by atoms with van der Waals surface area (Å²) in [6.07, 6.45) is 2.99. The number of benzene rings is 1. The molecule has 2 rings (SSSR count). The summed E-state index contributed by atoms with van der Waals surface area (Å²) in [6, 6.07) is 6.44. The van der Waals surface area contributed by atoms with E-state index in [2.05, 4.69) is 0 Å². The van der Waals surface area contributed by atoms with Crippen molar-refractivity contribution in [3.63, 3.8) is 0 Å². The fraction of sp³-hybridized carbons (Fsp3) is 0.562. The first-order chi connectivity index (χ1) is 10.2. The smallest absolute Gasteiger partial charge is 0.249 e. The van der Waals surface area contributed by atoms with Crippen molar-refractivity contribution in [3.8, 4) is 0 Å². The van der Waals surface area contributed by atoms with E-state index in [1.807, 2.05) is 4.90 Å². The Labute approximate surface area is 124 Å². The summed E-state index contributed by atoms with van der Waals surface area (Å²) in [5, 5.41) is 0. The Morgan fingerprint density at radius 2 is 2.05 bits per heavy atom. The van der Waals surface area contributed by atoms with E-state index >= 15 is 0 Å². The predicted octanol–water partition coefficient (Wildman–Crippen LogP) is 2.54. The van der Waals surface area contributed by atoms with Gasteiger partial charge in [0.05, 0.1) is 19.3 Å². The summed E-state index contributed by atoms with van der Waals surface area (Å²) in [7, 11) is 1.60. The largest absolute Gasteiger partial charge is 0.382 e. The first kappa shape index (κ1) is 15.9. The van der Waals surface area contributed by atoms with Crippen LogP contribution in [0, 0.1) is 5.82 Å². The van der Waals surface area contributed by atoms with Gasteiger partial charge in [0.25, 0.3) is 0 Å². The average molecular weight is 295 g/mol. The molecule has 1 aliphatic rings. The van der Waals surface area contributed by atoms with Gasteiger partial charge in [-0.25, -0.2) is 4.39 Å². The molecule has 1 fully saturated rings. The average Bonchev–Trinajstić information content (AvgIpc) is 2.52. The lowest BCUT2D eigenvalue weighted by Crippen LogP contribution is -2.40. The minimum atomic E-state index is -0.254. The number of methoxy groups -OCH3 is 1. The second kappa shape index (κ2) is 8.10. The second-order valence-electron chi connectivity index (χ2n) is 5.20. The summed E-state index contributed by atoms with van der Waals surface area (Å²) in [4.78, 5) is 14.1. The monoisotopic (exact) mass is 295 g/mol. The number of hydrogen-bond acceptors (Lipinski definition) is 3. The number of rotatable bonds is 6. The molecule has 0 saturated carbocycles. The number of halogens is 1. The summed E-state index contributed by atoms with van der Waals surface area (Å²) in [5.74, 6) is -0.268. The van der Waals surface area contributed by atoms with Gasteiger partial charge >= 0.3 is 0 Å². The molecule has 0 aliphatic carbocycles. The number of ether oxygens (including phenoxy) is 2. The normalized spacial score (nSPS) is 18.8. The Balaban J connectivity index is 1.98. The molecule has 1 saturated heterocycles. The third kappa shape index (κ3) is 4.51. The first-order valence-corrected chi connectivity index (χ1v) is 7.34. The third-order valence-electron chi connectivity index (χ3n) is 3.74. The maximum Gasteiger partial charge on any atom is 0.249 e. The zero-order valence-electron chi connectivity index (χ0n) is 12.4. The highest BCUT2D eigenvalue weighted by Gasteiger charge is 2.27. The molecule has 0 spiro atoms. The predicted molar refractivity (Wildman–Crippen MR) is 77.4 cm³/mol. The van der Waals surface area contributed by atoms with Gasteiger partial charge in [-0.2, -0.15) is 0 Å². The number of carbonyl (C=O) groups is 1. The van der Waals surface area contributed by atoms with E-state index in [4.69, 9.17) is 9.47 Å². The molecule has 1 aromatic rings. The fourth-order valence-corrected chi connectivity index (χ4v) is 2.65. The Bertz CT molecular complexity index is 449. The number of nitrogens with zero attached hydrogens (tertiary/aromatic N) is 1. The molecular weight excluding hydrogens is 273 g/mol. The molecule has 1 aliphatic heterocycles. The van der Waals surface area contributed by atoms with Crippen LogP contribution in [0.4, 0.5) is 4.39 Å². The van der Waals surface area contributed by atoms with Gasteiger partial charge in [0, 0.05) is 13.7 Å². The second-order valence-corrected chi connectivity index (χ2v) is 5.20. The van der Waals surface area contributed by atoms with E-state index in [1.54, 1.807) is 19.2 Å². The standard InChI is InChI=1S/C16H22FNO3/c1-20-10-11-21-12-16(19)18-9-3-2-4-15(18)13-5-7-14(17)8-6-13/h5-8,15H,2-4,9-12H2,1H3/t15-/m0/s1. The van der Waals surface area contributed by atoms with Crippen LogP contribution in [-0.4, -0.2) is 44.3 Å². The minimum Gasteiger partial charge on any atom is -0.382 e. The van der Waals surface area contributed by atoms with Crippen LogP contribution >= 0.6 is 0 Å². The SMILES string of the molecule is COCCOCC(=O)N1CCCC[C@H]1c1ccc(F)cc1. The van der Waals surface area contributed by atoms with Crippen LogP contribution in [0.15, 0.2) is 24.3 Å². The van der Waals surface area contributed by atoms with E-state index in [0.29, 0.717) is 13.2 Å². The molecule has 1 aromatic carbocycles. The van der Waals surface area contributed by atoms with Crippen molar-refractivity contribution in [2.45, 2.75) is 25.3 Å². The van der Waals surface area contributed by atoms with Gasteiger partial charge in [0.1, 0.15) is 12.4 Å². The lowest BCUT2D eigenvalue weighted by atomic mass is 9.95. The highest BCUT2D eigenvalue weighted by Crippen LogP contribution is 2.31. The lowest BCUT2D eigenvalue weighted by molar-refractivity contribution is -0.140. The van der Waals surface area contributed by atoms with Gasteiger partial charge in [0.2, 0.25) is 5.91 Å². The van der Waals surface area contributed by atoms with Crippen molar-refractivity contribution >= 4 is 5.91 Å². The molecule has 0 N–H and O–H groups in total. The Morgan fingerprint density at radius 3 is 2.76 bits per heavy atom. The van der Waals surface area contributed by atoms with Crippen molar-refractivity contribution in [1.82, 2.24) is 4.90 Å². The Morgan fingerprint density at radius 1 is 1.29 bits per heavy atom. The van der Waals surface area contributed by atoms with Crippen LogP contribution < -0.4 is 0 Å². The van der Waals surface area contributed by atoms with Gasteiger partial charge in [-0.3, -0.25) is 4.79 Å². The summed E-state index contributed by atoms with van der Waals surface area (Å²) in [5.41, 5.74) is 0.987. The number of hydrogen-bond donors (Lipinski definition) is 0. The van der Waals surface area contributed by atoms with Gasteiger partial charge in [-0.15, -0.1) is 0 Å². The fourth-order valence-electron chi connectivity index (χ4n) is 2.65. The Hall–Kier alpha value is -1.46. The van der Waals surface area contributed by atoms with Crippen LogP contribution in [0.1, 0.15) is 30.9 Å². The molecule has 1 atom stereocenters. The highest BCUT2D eigenvalue weighted by atomic mass is 19.1. The topological polar surface area (TPSA) is 38.8 Å². The molecule has 0 aromatic heterocycles. The molecule has 0 unspecified atom stereocenters. The van der Waals surface area contributed by atoms with Crippen LogP contribution in [0.2, 0.25) is 0 Å². The number of carbonyl (C=O) groups excluding carboxylic acids is 1. The van der Waals surface area contributed by atoms with Gasteiger partial charge < -0.3 is 14.4 Å². The zero-order valence-corrected chi connectivity index (χ0v) is 12.4. The first-order valence-electron chi connectivity index (χ1n) is 7.34. The maximum absolute atomic E-state index is 13.0. The van der Waals surface area contributed by atoms with Crippen molar-refractivity contribution in [3.05, 3.63) is 35.6 Å². The summed E-state index contributed by atoms with van der Waals surface area (Å²) >= 11 is 0. The van der Waals surface area contributed by atoms with Crippen molar-refractivity contribution in [2.75, 3.05) is 33.5 Å². The molecule has 5 heteroatoms. The van der Waals surface area contributed by atoms with E-state index in [0.717, 1.165) is 31.4 Å². The number of piperidine rings is 1. The van der Waals surface area contributed by atoms with Gasteiger partial charge in [0.15, 0.2) is 0 Å². The number of amides is 1. The molecule has 1 amide bonds. The van der Waals surface area contributed by atoms with Gasteiger partial charge in [-0.1, -0.05) is 12.1 Å². The molecule has 0 bridgehead atoms. The van der Waals surface area contributed by atoms with Crippen LogP contribution in [0.5, 0.6) is 0 Å². The molecule has 116 valence electrons. The molecule has 0 radical (unpaired) electrons. The van der Waals surface area contributed by atoms with E-state index in [9.17, 15) is 9.18 Å². The van der Waals surface area contributed by atoms with Crippen LogP contribution in [0.25, 0.3) is 0 Å². The minimum absolute atomic E-state index is 0.0138. The van der Waals surface area contributed by atoms with E-state index in [-0.39, 0.29) is 24.4 Å². The maximum atomic E-state index is 13.0. The highest BCUT2D eigenvalue weighted by molar-refractivity contribution is 5.78. The van der Waals surface area contributed by atoms with Gasteiger partial charge in [-0.05, 0) is 37.0 Å². The lowest BCUT2D eigenvalue weighted by Gasteiger charge is -2.36. The number of likely N-dealkylation sites (tertiary alicyclic amines) is 1. The van der Waals surface area contributed by atoms with Crippen molar-refractivity contribution in [2.24, 2.45) is 0 Å². The molecular formula is C16H22FNO3. The molecule has 21 heavy (non-hydrogen) atoms. The zero-order chi connectivity index (χ0) is 15.1. The molecule has 4 nitrogen and oxygen atoms in total. The summed E-state index contributed by atoms with van der Waals surface area (Å²) < 4.78 is 23.2. The quantitative estimate of drug-likeness (QED) is 0.757. The van der Waals surface area contributed by atoms with Crippen molar-refractivity contribution in [1.29, 1.82) is 0 Å². The third-order valence-corrected chi connectivity index (χ3v) is 3.74. The van der Waals surface area contributed by atoms with Crippen molar-refractivity contribution < 1.29 is 18.7 Å². The van der Waals surface area contributed by atoms with Crippen LogP contribution in [-0.2, 0) is 14.3 Å².